The van der Waals surface area contributed by atoms with Crippen LogP contribution < -0.4 is 0 Å². The molecule has 0 saturated carbocycles. The minimum Gasteiger partial charge on any atom is -0.456 e. The molecule has 5 aromatic rings. The van der Waals surface area contributed by atoms with Gasteiger partial charge < -0.3 is 4.42 Å². The monoisotopic (exact) mass is 351 g/mol. The van der Waals surface area contributed by atoms with E-state index in [1.807, 2.05) is 55.5 Å². The fourth-order valence-electron chi connectivity index (χ4n) is 3.36. The van der Waals surface area contributed by atoms with Crippen LogP contribution in [0.2, 0.25) is 0 Å². The first-order chi connectivity index (χ1) is 13.2. The Morgan fingerprint density at radius 1 is 0.630 bits per heavy atom. The zero-order valence-corrected chi connectivity index (χ0v) is 15.1. The van der Waals surface area contributed by atoms with E-state index in [4.69, 9.17) is 9.40 Å². The summed E-state index contributed by atoms with van der Waals surface area (Å²) in [6.07, 6.45) is 0. The quantitative estimate of drug-likeness (QED) is 0.408. The molecule has 5 rings (SSSR count). The van der Waals surface area contributed by atoms with Crippen molar-refractivity contribution in [3.8, 4) is 22.8 Å². The van der Waals surface area contributed by atoms with Gasteiger partial charge in [-0.2, -0.15) is 0 Å². The highest BCUT2D eigenvalue weighted by Gasteiger charge is 2.12. The molecule has 3 aromatic carbocycles. The summed E-state index contributed by atoms with van der Waals surface area (Å²) in [5.41, 5.74) is 4.90. The van der Waals surface area contributed by atoms with Gasteiger partial charge in [-0.3, -0.25) is 0 Å². The van der Waals surface area contributed by atoms with Crippen molar-refractivity contribution in [3.05, 3.63) is 78.1 Å². The van der Waals surface area contributed by atoms with Crippen molar-refractivity contribution in [2.75, 3.05) is 0 Å². The highest BCUT2D eigenvalue weighted by molar-refractivity contribution is 6.06. The number of benzene rings is 3. The summed E-state index contributed by atoms with van der Waals surface area (Å²) >= 11 is 0. The lowest BCUT2D eigenvalue weighted by Gasteiger charge is -2.06. The maximum atomic E-state index is 5.96. The van der Waals surface area contributed by atoms with Gasteiger partial charge in [-0.15, -0.1) is 0 Å². The van der Waals surface area contributed by atoms with Gasteiger partial charge in [0.05, 0.1) is 0 Å². The van der Waals surface area contributed by atoms with Crippen molar-refractivity contribution in [1.29, 1.82) is 0 Å². The van der Waals surface area contributed by atoms with E-state index in [1.165, 1.54) is 5.56 Å². The molecule has 27 heavy (non-hydrogen) atoms. The number of fused-ring (bicyclic) bond motifs is 3. The van der Waals surface area contributed by atoms with Crippen LogP contribution in [0.25, 0.3) is 44.7 Å². The second-order valence-electron chi connectivity index (χ2n) is 6.71. The predicted molar refractivity (Wildman–Crippen MR) is 107 cm³/mol. The van der Waals surface area contributed by atoms with Crippen molar-refractivity contribution in [2.45, 2.75) is 13.8 Å². The van der Waals surface area contributed by atoms with Gasteiger partial charge in [0.15, 0.2) is 11.6 Å². The molecule has 0 amide bonds. The Morgan fingerprint density at radius 2 is 1.30 bits per heavy atom. The van der Waals surface area contributed by atoms with Gasteiger partial charge >= 0.3 is 0 Å². The summed E-state index contributed by atoms with van der Waals surface area (Å²) in [6.45, 7) is 3.98. The second kappa shape index (κ2) is 6.02. The maximum absolute atomic E-state index is 5.96. The van der Waals surface area contributed by atoms with Crippen LogP contribution in [0.4, 0.5) is 0 Å². The van der Waals surface area contributed by atoms with Crippen LogP contribution in [0.1, 0.15) is 11.4 Å². The molecule has 0 radical (unpaired) electrons. The standard InChI is InChI=1S/C23H17N3O/c1-14-8-10-20-18(12-14)19-13-17(9-11-21(19)27-20)23-25-15(2)24-22(26-23)16-6-4-3-5-7-16/h3-13H,1-2H3. The zero-order valence-electron chi connectivity index (χ0n) is 15.1. The number of rotatable bonds is 2. The summed E-state index contributed by atoms with van der Waals surface area (Å²) in [5, 5.41) is 2.19. The lowest BCUT2D eigenvalue weighted by molar-refractivity contribution is 0.669. The SMILES string of the molecule is Cc1ccc2oc3ccc(-c4nc(C)nc(-c5ccccc5)n4)cc3c2c1. The first-order valence-corrected chi connectivity index (χ1v) is 8.89. The van der Waals surface area contributed by atoms with Crippen molar-refractivity contribution < 1.29 is 4.42 Å². The number of hydrogen-bond donors (Lipinski definition) is 0. The Kier molecular flexibility index (Phi) is 3.50. The van der Waals surface area contributed by atoms with E-state index < -0.39 is 0 Å². The molecule has 130 valence electrons. The van der Waals surface area contributed by atoms with Crippen LogP contribution in [0.5, 0.6) is 0 Å². The van der Waals surface area contributed by atoms with E-state index in [2.05, 4.69) is 35.1 Å². The molecular weight excluding hydrogens is 334 g/mol. The Labute approximate surface area is 156 Å². The largest absolute Gasteiger partial charge is 0.456 e. The van der Waals surface area contributed by atoms with E-state index in [9.17, 15) is 0 Å². The van der Waals surface area contributed by atoms with E-state index >= 15 is 0 Å². The van der Waals surface area contributed by atoms with E-state index in [1.54, 1.807) is 0 Å². The lowest BCUT2D eigenvalue weighted by Crippen LogP contribution is -1.99. The molecule has 0 saturated heterocycles. The van der Waals surface area contributed by atoms with Crippen molar-refractivity contribution >= 4 is 21.9 Å². The number of aryl methyl sites for hydroxylation is 2. The molecule has 4 nitrogen and oxygen atoms in total. The molecule has 0 N–H and O–H groups in total. The van der Waals surface area contributed by atoms with Gasteiger partial charge in [-0.05, 0) is 44.2 Å². The van der Waals surface area contributed by atoms with Gasteiger partial charge in [0.1, 0.15) is 17.0 Å². The molecule has 0 bridgehead atoms. The van der Waals surface area contributed by atoms with Crippen molar-refractivity contribution in [1.82, 2.24) is 15.0 Å². The zero-order chi connectivity index (χ0) is 18.4. The summed E-state index contributed by atoms with van der Waals surface area (Å²) in [6, 6.07) is 22.3. The fraction of sp³-hybridized carbons (Fsp3) is 0.0870. The molecule has 0 aliphatic rings. The third kappa shape index (κ3) is 2.75. The topological polar surface area (TPSA) is 51.8 Å². The molecule has 0 atom stereocenters. The van der Waals surface area contributed by atoms with Gasteiger partial charge in [-0.25, -0.2) is 15.0 Å². The number of nitrogens with zero attached hydrogens (tertiary/aromatic N) is 3. The molecule has 0 aliphatic carbocycles. The van der Waals surface area contributed by atoms with E-state index in [0.717, 1.165) is 33.1 Å². The van der Waals surface area contributed by atoms with Gasteiger partial charge in [-0.1, -0.05) is 42.0 Å². The Balaban J connectivity index is 1.70. The minimum absolute atomic E-state index is 0.672. The summed E-state index contributed by atoms with van der Waals surface area (Å²) in [7, 11) is 0. The normalized spacial score (nSPS) is 11.3. The molecule has 0 fully saturated rings. The highest BCUT2D eigenvalue weighted by atomic mass is 16.3. The van der Waals surface area contributed by atoms with E-state index in [-0.39, 0.29) is 0 Å². The van der Waals surface area contributed by atoms with Crippen LogP contribution in [0, 0.1) is 13.8 Å². The van der Waals surface area contributed by atoms with E-state index in [0.29, 0.717) is 17.5 Å². The van der Waals surface area contributed by atoms with Crippen LogP contribution >= 0.6 is 0 Å². The Bertz CT molecular complexity index is 1290. The van der Waals surface area contributed by atoms with Crippen molar-refractivity contribution in [2.24, 2.45) is 0 Å². The predicted octanol–water partition coefficient (Wildman–Crippen LogP) is 5.72. The molecule has 0 aliphatic heterocycles. The fourth-order valence-corrected chi connectivity index (χ4v) is 3.36. The third-order valence-corrected chi connectivity index (χ3v) is 4.66. The Hall–Kier alpha value is -3.53. The number of hydrogen-bond acceptors (Lipinski definition) is 4. The first kappa shape index (κ1) is 15.7. The van der Waals surface area contributed by atoms with Crippen LogP contribution in [0.15, 0.2) is 71.1 Å². The lowest BCUT2D eigenvalue weighted by atomic mass is 10.1. The van der Waals surface area contributed by atoms with Crippen LogP contribution in [-0.4, -0.2) is 15.0 Å². The average Bonchev–Trinajstić information content (AvgIpc) is 3.05. The average molecular weight is 351 g/mol. The summed E-state index contributed by atoms with van der Waals surface area (Å²) < 4.78 is 5.96. The third-order valence-electron chi connectivity index (χ3n) is 4.66. The second-order valence-corrected chi connectivity index (χ2v) is 6.71. The van der Waals surface area contributed by atoms with Gasteiger partial charge in [0, 0.05) is 21.9 Å². The van der Waals surface area contributed by atoms with Crippen LogP contribution in [-0.2, 0) is 0 Å². The summed E-state index contributed by atoms with van der Waals surface area (Å²) in [5.74, 6) is 2.06. The molecule has 4 heteroatoms. The maximum Gasteiger partial charge on any atom is 0.163 e. The molecule has 0 unspecified atom stereocenters. The van der Waals surface area contributed by atoms with Crippen LogP contribution in [0.3, 0.4) is 0 Å². The van der Waals surface area contributed by atoms with Gasteiger partial charge in [0.25, 0.3) is 0 Å². The smallest absolute Gasteiger partial charge is 0.163 e. The minimum atomic E-state index is 0.672. The molecule has 2 aromatic heterocycles. The highest BCUT2D eigenvalue weighted by Crippen LogP contribution is 2.32. The molecular formula is C23H17N3O. The van der Waals surface area contributed by atoms with Crippen molar-refractivity contribution in [3.63, 3.8) is 0 Å². The summed E-state index contributed by atoms with van der Waals surface area (Å²) in [4.78, 5) is 13.8. The molecule has 0 spiro atoms. The first-order valence-electron chi connectivity index (χ1n) is 8.89. The Morgan fingerprint density at radius 3 is 2.07 bits per heavy atom. The number of aromatic nitrogens is 3. The number of furan rings is 1. The molecule has 2 heterocycles. The van der Waals surface area contributed by atoms with Gasteiger partial charge in [0.2, 0.25) is 0 Å².